The van der Waals surface area contributed by atoms with Gasteiger partial charge in [0, 0.05) is 12.1 Å². The maximum Gasteiger partial charge on any atom is 0.224 e. The van der Waals surface area contributed by atoms with E-state index in [-0.39, 0.29) is 23.5 Å². The summed E-state index contributed by atoms with van der Waals surface area (Å²) in [4.78, 5) is 14.2. The van der Waals surface area contributed by atoms with Crippen LogP contribution in [0.2, 0.25) is 0 Å². The number of sulfone groups is 1. The van der Waals surface area contributed by atoms with E-state index in [4.69, 9.17) is 4.74 Å². The number of carbonyl (C=O) groups excluding carboxylic acids is 1. The van der Waals surface area contributed by atoms with E-state index in [0.29, 0.717) is 13.0 Å². The van der Waals surface area contributed by atoms with Crippen LogP contribution in [-0.2, 0) is 14.6 Å². The lowest BCUT2D eigenvalue weighted by Crippen LogP contribution is -2.38. The van der Waals surface area contributed by atoms with Gasteiger partial charge in [-0.3, -0.25) is 4.79 Å². The molecule has 1 saturated heterocycles. The van der Waals surface area contributed by atoms with Crippen LogP contribution in [0, 0.1) is 5.92 Å². The number of nitrogens with zero attached hydrogens (tertiary/aromatic N) is 1. The first-order valence-electron chi connectivity index (χ1n) is 7.61. The molecule has 0 bridgehead atoms. The molecule has 1 aliphatic rings. The third kappa shape index (κ3) is 4.45. The summed E-state index contributed by atoms with van der Waals surface area (Å²) in [5, 5.41) is 2.89. The van der Waals surface area contributed by atoms with E-state index in [2.05, 4.69) is 5.32 Å². The quantitative estimate of drug-likeness (QED) is 0.831. The molecule has 1 amide bonds. The predicted octanol–water partition coefficient (Wildman–Crippen LogP) is 0.849. The smallest absolute Gasteiger partial charge is 0.224 e. The van der Waals surface area contributed by atoms with Crippen LogP contribution in [0.4, 0.5) is 0 Å². The minimum Gasteiger partial charge on any atom is -0.496 e. The summed E-state index contributed by atoms with van der Waals surface area (Å²) in [6.07, 6.45) is 0.412. The molecule has 1 aromatic rings. The zero-order valence-corrected chi connectivity index (χ0v) is 14.6. The summed E-state index contributed by atoms with van der Waals surface area (Å²) in [6.45, 7) is 0.406. The number of benzene rings is 1. The highest BCUT2D eigenvalue weighted by Crippen LogP contribution is 2.27. The molecule has 1 fully saturated rings. The summed E-state index contributed by atoms with van der Waals surface area (Å²) in [6, 6.07) is 7.64. The molecular weight excluding hydrogens is 316 g/mol. The minimum absolute atomic E-state index is 0.0415. The van der Waals surface area contributed by atoms with Gasteiger partial charge in [0.15, 0.2) is 9.84 Å². The maximum atomic E-state index is 12.2. The number of para-hydroxylation sites is 1. The lowest BCUT2D eigenvalue weighted by Gasteiger charge is -2.27. The van der Waals surface area contributed by atoms with Gasteiger partial charge in [0.2, 0.25) is 5.91 Å². The van der Waals surface area contributed by atoms with Gasteiger partial charge in [0.1, 0.15) is 5.75 Å². The van der Waals surface area contributed by atoms with Crippen molar-refractivity contribution in [2.75, 3.05) is 39.3 Å². The van der Waals surface area contributed by atoms with Gasteiger partial charge < -0.3 is 15.0 Å². The maximum absolute atomic E-state index is 12.2. The van der Waals surface area contributed by atoms with E-state index in [9.17, 15) is 13.2 Å². The second kappa shape index (κ2) is 7.31. The number of rotatable bonds is 6. The van der Waals surface area contributed by atoms with Crippen LogP contribution in [0.1, 0.15) is 18.0 Å². The van der Waals surface area contributed by atoms with Crippen LogP contribution in [-0.4, -0.2) is 58.5 Å². The Labute approximate surface area is 137 Å². The number of hydrogen-bond donors (Lipinski definition) is 1. The number of amides is 1. The van der Waals surface area contributed by atoms with Gasteiger partial charge in [-0.1, -0.05) is 18.2 Å². The monoisotopic (exact) mass is 340 g/mol. The van der Waals surface area contributed by atoms with Gasteiger partial charge in [-0.15, -0.1) is 0 Å². The van der Waals surface area contributed by atoms with E-state index in [1.54, 1.807) is 7.11 Å². The van der Waals surface area contributed by atoms with Gasteiger partial charge in [-0.25, -0.2) is 8.42 Å². The first kappa shape index (κ1) is 17.7. The molecule has 1 aliphatic heterocycles. The molecule has 2 atom stereocenters. The fraction of sp³-hybridized carbons (Fsp3) is 0.562. The SMILES string of the molecule is COc1ccccc1C(CNC(=O)C1CCS(=O)(=O)C1)N(C)C. The fourth-order valence-electron chi connectivity index (χ4n) is 2.86. The second-order valence-corrected chi connectivity index (χ2v) is 8.30. The normalized spacial score (nSPS) is 21.1. The standard InChI is InChI=1S/C16H24N2O4S/c1-18(2)14(13-6-4-5-7-15(13)22-3)10-17-16(19)12-8-9-23(20,21)11-12/h4-7,12,14H,8-11H2,1-3H3,(H,17,19). The predicted molar refractivity (Wildman–Crippen MR) is 89.2 cm³/mol. The van der Waals surface area contributed by atoms with Crippen LogP contribution in [0.3, 0.4) is 0 Å². The Morgan fingerprint density at radius 1 is 1.39 bits per heavy atom. The zero-order chi connectivity index (χ0) is 17.0. The van der Waals surface area contributed by atoms with Gasteiger partial charge >= 0.3 is 0 Å². The third-order valence-electron chi connectivity index (χ3n) is 4.19. The minimum atomic E-state index is -3.05. The summed E-state index contributed by atoms with van der Waals surface area (Å²) < 4.78 is 28.4. The van der Waals surface area contributed by atoms with Crippen LogP contribution in [0.15, 0.2) is 24.3 Å². The molecule has 128 valence electrons. The van der Waals surface area contributed by atoms with Crippen molar-refractivity contribution in [2.45, 2.75) is 12.5 Å². The lowest BCUT2D eigenvalue weighted by molar-refractivity contribution is -0.124. The molecule has 1 aromatic carbocycles. The van der Waals surface area contributed by atoms with Crippen molar-refractivity contribution in [2.24, 2.45) is 5.92 Å². The van der Waals surface area contributed by atoms with E-state index >= 15 is 0 Å². The molecule has 7 heteroatoms. The highest BCUT2D eigenvalue weighted by atomic mass is 32.2. The van der Waals surface area contributed by atoms with Crippen molar-refractivity contribution in [3.05, 3.63) is 29.8 Å². The van der Waals surface area contributed by atoms with Crippen LogP contribution < -0.4 is 10.1 Å². The number of likely N-dealkylation sites (N-methyl/N-ethyl adjacent to an activating group) is 1. The first-order chi connectivity index (χ1) is 10.8. The molecule has 2 rings (SSSR count). The summed E-state index contributed by atoms with van der Waals surface area (Å²) in [7, 11) is 2.44. The van der Waals surface area contributed by atoms with Crippen molar-refractivity contribution >= 4 is 15.7 Å². The van der Waals surface area contributed by atoms with Crippen LogP contribution in [0.5, 0.6) is 5.75 Å². The number of carbonyl (C=O) groups is 1. The van der Waals surface area contributed by atoms with Crippen LogP contribution in [0.25, 0.3) is 0 Å². The lowest BCUT2D eigenvalue weighted by atomic mass is 10.0. The van der Waals surface area contributed by atoms with E-state index < -0.39 is 15.8 Å². The summed E-state index contributed by atoms with van der Waals surface area (Å²) in [5.74, 6) is 0.214. The highest BCUT2D eigenvalue weighted by Gasteiger charge is 2.33. The van der Waals surface area contributed by atoms with Gasteiger partial charge in [0.25, 0.3) is 0 Å². The van der Waals surface area contributed by atoms with Gasteiger partial charge in [-0.05, 0) is 26.6 Å². The van der Waals surface area contributed by atoms with Crippen molar-refractivity contribution in [3.63, 3.8) is 0 Å². The average molecular weight is 340 g/mol. The van der Waals surface area contributed by atoms with E-state index in [1.165, 1.54) is 0 Å². The second-order valence-electron chi connectivity index (χ2n) is 6.07. The molecule has 0 aromatic heterocycles. The molecular formula is C16H24N2O4S. The van der Waals surface area contributed by atoms with Crippen LogP contribution >= 0.6 is 0 Å². The average Bonchev–Trinajstić information content (AvgIpc) is 2.87. The Bertz CT molecular complexity index is 658. The van der Waals surface area contributed by atoms with Crippen molar-refractivity contribution in [1.82, 2.24) is 10.2 Å². The van der Waals surface area contributed by atoms with Crippen molar-refractivity contribution < 1.29 is 17.9 Å². The molecule has 23 heavy (non-hydrogen) atoms. The molecule has 6 nitrogen and oxygen atoms in total. The molecule has 1 heterocycles. The van der Waals surface area contributed by atoms with E-state index in [0.717, 1.165) is 11.3 Å². The molecule has 2 unspecified atom stereocenters. The molecule has 0 radical (unpaired) electrons. The Morgan fingerprint density at radius 3 is 2.65 bits per heavy atom. The molecule has 0 saturated carbocycles. The Kier molecular flexibility index (Phi) is 5.64. The zero-order valence-electron chi connectivity index (χ0n) is 13.8. The molecule has 0 aliphatic carbocycles. The van der Waals surface area contributed by atoms with E-state index in [1.807, 2.05) is 43.3 Å². The van der Waals surface area contributed by atoms with Crippen molar-refractivity contribution in [3.8, 4) is 5.75 Å². The number of methoxy groups -OCH3 is 1. The largest absolute Gasteiger partial charge is 0.496 e. The summed E-state index contributed by atoms with van der Waals surface area (Å²) >= 11 is 0. The fourth-order valence-corrected chi connectivity index (χ4v) is 4.60. The summed E-state index contributed by atoms with van der Waals surface area (Å²) in [5.41, 5.74) is 0.986. The highest BCUT2D eigenvalue weighted by molar-refractivity contribution is 7.91. The van der Waals surface area contributed by atoms with Gasteiger partial charge in [-0.2, -0.15) is 0 Å². The van der Waals surface area contributed by atoms with Gasteiger partial charge in [0.05, 0.1) is 30.6 Å². The number of nitrogens with one attached hydrogen (secondary N) is 1. The number of ether oxygens (including phenoxy) is 1. The number of hydrogen-bond acceptors (Lipinski definition) is 5. The molecule has 0 spiro atoms. The Morgan fingerprint density at radius 2 is 2.09 bits per heavy atom. The first-order valence-corrected chi connectivity index (χ1v) is 9.43. The Balaban J connectivity index is 2.05. The topological polar surface area (TPSA) is 75.7 Å². The Hall–Kier alpha value is -1.60. The van der Waals surface area contributed by atoms with Crippen molar-refractivity contribution in [1.29, 1.82) is 0 Å². The molecule has 1 N–H and O–H groups in total. The third-order valence-corrected chi connectivity index (χ3v) is 5.96.